The number of amides is 1. The molecule has 1 unspecified atom stereocenters. The first-order chi connectivity index (χ1) is 11.3. The Morgan fingerprint density at radius 2 is 1.81 bits per heavy atom. The molecule has 0 aliphatic carbocycles. The molecule has 2 N–H and O–H groups in total. The number of benzene rings is 1. The largest absolute Gasteiger partial charge is 0.331 e. The summed E-state index contributed by atoms with van der Waals surface area (Å²) in [5, 5.41) is 8.51. The molecule has 2 aromatic rings. The zero-order chi connectivity index (χ0) is 17.5. The number of rotatable bonds is 3. The Balaban J connectivity index is 0.00000169. The minimum atomic E-state index is -1.07. The summed E-state index contributed by atoms with van der Waals surface area (Å²) in [6.07, 6.45) is 0. The Kier molecular flexibility index (Phi) is 7.65. The molecule has 1 aliphatic rings. The van der Waals surface area contributed by atoms with E-state index in [0.717, 1.165) is 21.7 Å². The molecule has 2 heterocycles. The van der Waals surface area contributed by atoms with Crippen LogP contribution in [0.5, 0.6) is 0 Å². The third-order valence-corrected chi connectivity index (χ3v) is 5.00. The first-order valence-electron chi connectivity index (χ1n) is 8.07. The highest BCUT2D eigenvalue weighted by Gasteiger charge is 2.36. The molecule has 1 atom stereocenters. The highest BCUT2D eigenvalue weighted by Crippen LogP contribution is 2.25. The van der Waals surface area contributed by atoms with Crippen LogP contribution in [0.15, 0.2) is 28.7 Å². The fraction of sp³-hybridized carbons (Fsp3) is 0.471. The Morgan fingerprint density at radius 3 is 2.38 bits per heavy atom. The molecule has 0 fully saturated rings. The fourth-order valence-corrected chi connectivity index (χ4v) is 3.29. The second kappa shape index (κ2) is 8.69. The van der Waals surface area contributed by atoms with Gasteiger partial charge in [0.1, 0.15) is 11.4 Å². The van der Waals surface area contributed by atoms with Gasteiger partial charge in [0.15, 0.2) is 5.82 Å². The van der Waals surface area contributed by atoms with E-state index in [1.807, 2.05) is 24.3 Å². The molecule has 1 aromatic carbocycles. The number of fused-ring (bicyclic) bond motifs is 1. The van der Waals surface area contributed by atoms with Crippen molar-refractivity contribution in [2.45, 2.75) is 45.3 Å². The van der Waals surface area contributed by atoms with Crippen molar-refractivity contribution < 1.29 is 4.79 Å². The summed E-state index contributed by atoms with van der Waals surface area (Å²) >= 11 is 3.40. The zero-order valence-electron chi connectivity index (χ0n) is 15.0. The van der Waals surface area contributed by atoms with Crippen LogP contribution in [0.3, 0.4) is 0 Å². The van der Waals surface area contributed by atoms with Gasteiger partial charge in [-0.3, -0.25) is 4.79 Å². The van der Waals surface area contributed by atoms with Gasteiger partial charge in [0, 0.05) is 23.5 Å². The topological polar surface area (TPSA) is 77.0 Å². The molecular formula is C17H24BrCl2N5O. The molecule has 9 heteroatoms. The van der Waals surface area contributed by atoms with E-state index in [9.17, 15) is 4.79 Å². The van der Waals surface area contributed by atoms with E-state index in [2.05, 4.69) is 44.5 Å². The van der Waals surface area contributed by atoms with Crippen molar-refractivity contribution in [3.05, 3.63) is 46.0 Å². The van der Waals surface area contributed by atoms with Crippen molar-refractivity contribution in [2.24, 2.45) is 5.73 Å². The maximum absolute atomic E-state index is 13.0. The van der Waals surface area contributed by atoms with Crippen LogP contribution in [-0.4, -0.2) is 32.1 Å². The summed E-state index contributed by atoms with van der Waals surface area (Å²) < 4.78 is 3.07. The molecule has 6 nitrogen and oxygen atoms in total. The van der Waals surface area contributed by atoms with E-state index in [-0.39, 0.29) is 30.7 Å². The van der Waals surface area contributed by atoms with E-state index in [1.165, 1.54) is 0 Å². The Bertz CT molecular complexity index is 761. The molecule has 144 valence electrons. The van der Waals surface area contributed by atoms with Crippen LogP contribution in [0.2, 0.25) is 0 Å². The Hall–Kier alpha value is -1.15. The average Bonchev–Trinajstić information content (AvgIpc) is 2.97. The SMILES string of the molecule is CC(C)c1nnc2n1CCN(C(=O)C(C)(N)c1ccc(Br)cc1)C2.Cl.Cl. The van der Waals surface area contributed by atoms with Gasteiger partial charge in [-0.25, -0.2) is 0 Å². The maximum atomic E-state index is 13.0. The van der Waals surface area contributed by atoms with Crippen LogP contribution in [0.25, 0.3) is 0 Å². The number of hydrogen-bond acceptors (Lipinski definition) is 4. The monoisotopic (exact) mass is 463 g/mol. The van der Waals surface area contributed by atoms with Crippen molar-refractivity contribution in [3.63, 3.8) is 0 Å². The Morgan fingerprint density at radius 1 is 1.19 bits per heavy atom. The van der Waals surface area contributed by atoms with Crippen LogP contribution in [0.1, 0.15) is 43.9 Å². The van der Waals surface area contributed by atoms with E-state index < -0.39 is 5.54 Å². The minimum absolute atomic E-state index is 0. The summed E-state index contributed by atoms with van der Waals surface area (Å²) in [5.74, 6) is 2.02. The smallest absolute Gasteiger partial charge is 0.247 e. The van der Waals surface area contributed by atoms with Crippen molar-refractivity contribution in [3.8, 4) is 0 Å². The van der Waals surface area contributed by atoms with Crippen molar-refractivity contribution >= 4 is 46.7 Å². The van der Waals surface area contributed by atoms with Crippen LogP contribution >= 0.6 is 40.7 Å². The number of halogens is 3. The lowest BCUT2D eigenvalue weighted by molar-refractivity contribution is -0.138. The van der Waals surface area contributed by atoms with Crippen LogP contribution < -0.4 is 5.73 Å². The molecule has 0 saturated carbocycles. The van der Waals surface area contributed by atoms with Crippen molar-refractivity contribution in [1.82, 2.24) is 19.7 Å². The van der Waals surface area contributed by atoms with Crippen LogP contribution in [-0.2, 0) is 23.4 Å². The molecule has 26 heavy (non-hydrogen) atoms. The first kappa shape index (κ1) is 22.9. The summed E-state index contributed by atoms with van der Waals surface area (Å²) in [6, 6.07) is 7.56. The third-order valence-electron chi connectivity index (χ3n) is 4.47. The van der Waals surface area contributed by atoms with Gasteiger partial charge >= 0.3 is 0 Å². The first-order valence-corrected chi connectivity index (χ1v) is 8.86. The molecular weight excluding hydrogens is 441 g/mol. The summed E-state index contributed by atoms with van der Waals surface area (Å²) in [7, 11) is 0. The van der Waals surface area contributed by atoms with Crippen LogP contribution in [0, 0.1) is 0 Å². The molecule has 0 radical (unpaired) electrons. The second-order valence-corrected chi connectivity index (χ2v) is 7.63. The van der Waals surface area contributed by atoms with Crippen LogP contribution in [0.4, 0.5) is 0 Å². The molecule has 3 rings (SSSR count). The number of nitrogens with zero attached hydrogens (tertiary/aromatic N) is 4. The van der Waals surface area contributed by atoms with Gasteiger partial charge < -0.3 is 15.2 Å². The summed E-state index contributed by atoms with van der Waals surface area (Å²) in [6.45, 7) is 7.73. The number of nitrogens with two attached hydrogens (primary N) is 1. The number of carbonyl (C=O) groups is 1. The van der Waals surface area contributed by atoms with Gasteiger partial charge in [0.2, 0.25) is 5.91 Å². The van der Waals surface area contributed by atoms with Gasteiger partial charge in [-0.05, 0) is 24.6 Å². The van der Waals surface area contributed by atoms with Gasteiger partial charge in [-0.15, -0.1) is 35.0 Å². The second-order valence-electron chi connectivity index (χ2n) is 6.72. The van der Waals surface area contributed by atoms with Crippen molar-refractivity contribution in [1.29, 1.82) is 0 Å². The van der Waals surface area contributed by atoms with E-state index in [1.54, 1.807) is 11.8 Å². The average molecular weight is 465 g/mol. The zero-order valence-corrected chi connectivity index (χ0v) is 18.2. The lowest BCUT2D eigenvalue weighted by Crippen LogP contribution is -2.52. The van der Waals surface area contributed by atoms with Gasteiger partial charge in [-0.1, -0.05) is 41.9 Å². The number of aromatic nitrogens is 3. The van der Waals surface area contributed by atoms with E-state index >= 15 is 0 Å². The highest BCUT2D eigenvalue weighted by molar-refractivity contribution is 9.10. The van der Waals surface area contributed by atoms with Gasteiger partial charge in [-0.2, -0.15) is 0 Å². The minimum Gasteiger partial charge on any atom is -0.331 e. The van der Waals surface area contributed by atoms with E-state index in [0.29, 0.717) is 25.6 Å². The quantitative estimate of drug-likeness (QED) is 0.756. The lowest BCUT2D eigenvalue weighted by Gasteiger charge is -2.34. The number of carbonyl (C=O) groups excluding carboxylic acids is 1. The molecule has 0 spiro atoms. The number of hydrogen-bond donors (Lipinski definition) is 1. The predicted octanol–water partition coefficient (Wildman–Crippen LogP) is 3.22. The molecule has 1 aromatic heterocycles. The lowest BCUT2D eigenvalue weighted by atomic mass is 9.91. The fourth-order valence-electron chi connectivity index (χ4n) is 3.03. The summed E-state index contributed by atoms with van der Waals surface area (Å²) in [4.78, 5) is 14.8. The maximum Gasteiger partial charge on any atom is 0.247 e. The van der Waals surface area contributed by atoms with Gasteiger partial charge in [0.05, 0.1) is 6.54 Å². The van der Waals surface area contributed by atoms with Crippen molar-refractivity contribution in [2.75, 3.05) is 6.54 Å². The third kappa shape index (κ3) is 4.22. The normalized spacial score (nSPS) is 15.5. The molecule has 1 amide bonds. The highest BCUT2D eigenvalue weighted by atomic mass is 79.9. The standard InChI is InChI=1S/C17H22BrN5O.2ClH/c1-11(2)15-21-20-14-10-22(8-9-23(14)15)16(24)17(3,19)12-4-6-13(18)7-5-12;;/h4-7,11H,8-10,19H2,1-3H3;2*1H. The van der Waals surface area contributed by atoms with E-state index in [4.69, 9.17) is 5.73 Å². The summed E-state index contributed by atoms with van der Waals surface area (Å²) in [5.41, 5.74) is 6.12. The predicted molar refractivity (Wildman–Crippen MR) is 110 cm³/mol. The van der Waals surface area contributed by atoms with Gasteiger partial charge in [0.25, 0.3) is 0 Å². The molecule has 0 saturated heterocycles. The molecule has 0 bridgehead atoms. The molecule has 1 aliphatic heterocycles. The Labute approximate surface area is 174 Å².